The van der Waals surface area contributed by atoms with Crippen molar-refractivity contribution in [1.29, 1.82) is 0 Å². The van der Waals surface area contributed by atoms with Crippen molar-refractivity contribution in [2.75, 3.05) is 25.0 Å². The first kappa shape index (κ1) is 15.4. The van der Waals surface area contributed by atoms with E-state index in [1.807, 2.05) is 30.0 Å². The molecule has 1 aliphatic heterocycles. The molecule has 2 amide bonds. The molecule has 1 aromatic rings. The van der Waals surface area contributed by atoms with Crippen molar-refractivity contribution in [1.82, 2.24) is 4.90 Å². The summed E-state index contributed by atoms with van der Waals surface area (Å²) in [6.45, 7) is 5.60. The zero-order valence-corrected chi connectivity index (χ0v) is 12.6. The number of benzene rings is 1. The molecular formula is C17H22N2O2. The van der Waals surface area contributed by atoms with Crippen LogP contribution in [0.3, 0.4) is 0 Å². The van der Waals surface area contributed by atoms with Crippen LogP contribution in [-0.2, 0) is 0 Å². The van der Waals surface area contributed by atoms with Crippen LogP contribution in [0.2, 0.25) is 0 Å². The lowest BCUT2D eigenvalue weighted by molar-refractivity contribution is 0.182. The molecule has 4 nitrogen and oxygen atoms in total. The van der Waals surface area contributed by atoms with Gasteiger partial charge in [0.1, 0.15) is 6.61 Å². The average Bonchev–Trinajstić information content (AvgIpc) is 2.48. The van der Waals surface area contributed by atoms with Gasteiger partial charge in [-0.25, -0.2) is 4.79 Å². The van der Waals surface area contributed by atoms with E-state index in [1.54, 1.807) is 0 Å². The molecule has 2 N–H and O–H groups in total. The van der Waals surface area contributed by atoms with E-state index >= 15 is 0 Å². The van der Waals surface area contributed by atoms with Crippen LogP contribution in [0.4, 0.5) is 10.5 Å². The Labute approximate surface area is 126 Å². The highest BCUT2D eigenvalue weighted by molar-refractivity contribution is 5.90. The Hall–Kier alpha value is -1.99. The molecule has 0 aliphatic carbocycles. The van der Waals surface area contributed by atoms with Gasteiger partial charge in [0.05, 0.1) is 0 Å². The van der Waals surface area contributed by atoms with Crippen LogP contribution in [0.5, 0.6) is 0 Å². The highest BCUT2D eigenvalue weighted by Crippen LogP contribution is 2.20. The van der Waals surface area contributed by atoms with Crippen molar-refractivity contribution >= 4 is 11.7 Å². The maximum Gasteiger partial charge on any atom is 0.321 e. The Kier molecular flexibility index (Phi) is 5.24. The minimum absolute atomic E-state index is 0.0445. The summed E-state index contributed by atoms with van der Waals surface area (Å²) in [5, 5.41) is 11.7. The standard InChI is InChI=1S/C17H22N2O2/c1-13-5-3-9-19(12-13)17(21)18-16-11-15(6-4-10-20)8-7-14(16)2/h7-8,11,13,20H,3,5,9-10,12H2,1-2H3,(H,18,21). The molecule has 2 rings (SSSR count). The van der Waals surface area contributed by atoms with Crippen LogP contribution in [0.25, 0.3) is 0 Å². The first-order chi connectivity index (χ1) is 10.1. The van der Waals surface area contributed by atoms with E-state index in [0.717, 1.165) is 36.3 Å². The van der Waals surface area contributed by atoms with Crippen molar-refractivity contribution in [2.24, 2.45) is 5.92 Å². The summed E-state index contributed by atoms with van der Waals surface area (Å²) in [6, 6.07) is 5.62. The van der Waals surface area contributed by atoms with Gasteiger partial charge in [-0.2, -0.15) is 0 Å². The van der Waals surface area contributed by atoms with E-state index < -0.39 is 0 Å². The van der Waals surface area contributed by atoms with Crippen molar-refractivity contribution < 1.29 is 9.90 Å². The Morgan fingerprint density at radius 2 is 2.33 bits per heavy atom. The van der Waals surface area contributed by atoms with Crippen molar-refractivity contribution in [3.63, 3.8) is 0 Å². The van der Waals surface area contributed by atoms with Crippen LogP contribution in [0.1, 0.15) is 30.9 Å². The maximum absolute atomic E-state index is 12.3. The third-order valence-corrected chi connectivity index (χ3v) is 3.74. The van der Waals surface area contributed by atoms with E-state index in [0.29, 0.717) is 5.92 Å². The van der Waals surface area contributed by atoms with E-state index in [2.05, 4.69) is 24.1 Å². The molecule has 112 valence electrons. The fraction of sp³-hybridized carbons (Fsp3) is 0.471. The minimum Gasteiger partial charge on any atom is -0.384 e. The third kappa shape index (κ3) is 4.24. The summed E-state index contributed by atoms with van der Waals surface area (Å²) in [4.78, 5) is 14.2. The largest absolute Gasteiger partial charge is 0.384 e. The smallest absolute Gasteiger partial charge is 0.321 e. The monoisotopic (exact) mass is 286 g/mol. The number of aliphatic hydroxyl groups is 1. The summed E-state index contributed by atoms with van der Waals surface area (Å²) in [5.41, 5.74) is 2.57. The van der Waals surface area contributed by atoms with Gasteiger partial charge in [0.25, 0.3) is 0 Å². The number of likely N-dealkylation sites (tertiary alicyclic amines) is 1. The number of aryl methyl sites for hydroxylation is 1. The average molecular weight is 286 g/mol. The molecule has 0 aromatic heterocycles. The molecule has 0 saturated carbocycles. The van der Waals surface area contributed by atoms with Gasteiger partial charge in [0.15, 0.2) is 0 Å². The number of nitrogens with zero attached hydrogens (tertiary/aromatic N) is 1. The number of anilines is 1. The number of urea groups is 1. The number of nitrogens with one attached hydrogen (secondary N) is 1. The minimum atomic E-state index is -0.165. The van der Waals surface area contributed by atoms with Crippen molar-refractivity contribution in [3.8, 4) is 11.8 Å². The number of aliphatic hydroxyl groups excluding tert-OH is 1. The predicted molar refractivity (Wildman–Crippen MR) is 84.1 cm³/mol. The summed E-state index contributed by atoms with van der Waals surface area (Å²) in [6.07, 6.45) is 2.25. The van der Waals surface area contributed by atoms with Gasteiger partial charge < -0.3 is 15.3 Å². The van der Waals surface area contributed by atoms with E-state index in [4.69, 9.17) is 5.11 Å². The fourth-order valence-corrected chi connectivity index (χ4v) is 2.54. The van der Waals surface area contributed by atoms with Gasteiger partial charge in [-0.05, 0) is 43.4 Å². The lowest BCUT2D eigenvalue weighted by atomic mass is 10.0. The number of piperidine rings is 1. The molecule has 21 heavy (non-hydrogen) atoms. The van der Waals surface area contributed by atoms with Crippen LogP contribution in [-0.4, -0.2) is 35.7 Å². The SMILES string of the molecule is Cc1ccc(C#CCO)cc1NC(=O)N1CCCC(C)C1. The number of hydrogen-bond donors (Lipinski definition) is 2. The predicted octanol–water partition coefficient (Wildman–Crippen LogP) is 2.60. The highest BCUT2D eigenvalue weighted by Gasteiger charge is 2.21. The third-order valence-electron chi connectivity index (χ3n) is 3.74. The second-order valence-corrected chi connectivity index (χ2v) is 5.61. The van der Waals surface area contributed by atoms with Gasteiger partial charge in [0, 0.05) is 24.3 Å². The second kappa shape index (κ2) is 7.14. The lowest BCUT2D eigenvalue weighted by Gasteiger charge is -2.31. The molecule has 0 spiro atoms. The number of carbonyl (C=O) groups excluding carboxylic acids is 1. The summed E-state index contributed by atoms with van der Waals surface area (Å²) >= 11 is 0. The van der Waals surface area contributed by atoms with Gasteiger partial charge in [-0.1, -0.05) is 24.8 Å². The summed E-state index contributed by atoms with van der Waals surface area (Å²) in [5.74, 6) is 6.04. The van der Waals surface area contributed by atoms with Crippen LogP contribution >= 0.6 is 0 Å². The molecule has 1 aromatic carbocycles. The topological polar surface area (TPSA) is 52.6 Å². The number of hydrogen-bond acceptors (Lipinski definition) is 2. The quantitative estimate of drug-likeness (QED) is 0.780. The molecule has 4 heteroatoms. The normalized spacial score (nSPS) is 17.9. The Morgan fingerprint density at radius 3 is 3.05 bits per heavy atom. The van der Waals surface area contributed by atoms with E-state index in [9.17, 15) is 4.79 Å². The fourth-order valence-electron chi connectivity index (χ4n) is 2.54. The van der Waals surface area contributed by atoms with Gasteiger partial charge in [-0.15, -0.1) is 0 Å². The molecule has 1 heterocycles. The highest BCUT2D eigenvalue weighted by atomic mass is 16.2. The van der Waals surface area contributed by atoms with E-state index in [1.165, 1.54) is 6.42 Å². The van der Waals surface area contributed by atoms with E-state index in [-0.39, 0.29) is 12.6 Å². The maximum atomic E-state index is 12.3. The number of carbonyl (C=O) groups is 1. The molecule has 0 bridgehead atoms. The Morgan fingerprint density at radius 1 is 1.52 bits per heavy atom. The van der Waals surface area contributed by atoms with Gasteiger partial charge in [-0.3, -0.25) is 0 Å². The van der Waals surface area contributed by atoms with Crippen LogP contribution < -0.4 is 5.32 Å². The molecular weight excluding hydrogens is 264 g/mol. The molecule has 1 fully saturated rings. The summed E-state index contributed by atoms with van der Waals surface area (Å²) in [7, 11) is 0. The lowest BCUT2D eigenvalue weighted by Crippen LogP contribution is -2.41. The number of rotatable bonds is 1. The zero-order valence-electron chi connectivity index (χ0n) is 12.6. The van der Waals surface area contributed by atoms with Crippen molar-refractivity contribution in [3.05, 3.63) is 29.3 Å². The van der Waals surface area contributed by atoms with Gasteiger partial charge in [0.2, 0.25) is 0 Å². The molecule has 1 atom stereocenters. The molecule has 0 radical (unpaired) electrons. The van der Waals surface area contributed by atoms with Crippen LogP contribution in [0, 0.1) is 24.7 Å². The zero-order chi connectivity index (χ0) is 15.2. The Balaban J connectivity index is 2.09. The van der Waals surface area contributed by atoms with Gasteiger partial charge >= 0.3 is 6.03 Å². The molecule has 1 saturated heterocycles. The van der Waals surface area contributed by atoms with Crippen molar-refractivity contribution in [2.45, 2.75) is 26.7 Å². The first-order valence-electron chi connectivity index (χ1n) is 7.36. The second-order valence-electron chi connectivity index (χ2n) is 5.61. The number of amides is 2. The Bertz CT molecular complexity index is 572. The molecule has 1 unspecified atom stereocenters. The first-order valence-corrected chi connectivity index (χ1v) is 7.36. The van der Waals surface area contributed by atoms with Crippen LogP contribution in [0.15, 0.2) is 18.2 Å². The summed E-state index contributed by atoms with van der Waals surface area (Å²) < 4.78 is 0. The molecule has 1 aliphatic rings.